The van der Waals surface area contributed by atoms with Gasteiger partial charge in [0.15, 0.2) is 11.6 Å². The Kier molecular flexibility index (Phi) is 5.82. The number of aromatic nitrogens is 1. The fourth-order valence-corrected chi connectivity index (χ4v) is 2.84. The topological polar surface area (TPSA) is 54.6 Å². The Morgan fingerprint density at radius 3 is 2.57 bits per heavy atom. The molecule has 2 rings (SSSR count). The highest BCUT2D eigenvalue weighted by atomic mass is 16.5. The quantitative estimate of drug-likeness (QED) is 0.865. The molecule has 5 heteroatoms. The highest BCUT2D eigenvalue weighted by Crippen LogP contribution is 2.27. The van der Waals surface area contributed by atoms with E-state index in [1.54, 1.807) is 0 Å². The molecule has 1 atom stereocenters. The van der Waals surface area contributed by atoms with Crippen LogP contribution in [0.5, 0.6) is 5.75 Å². The number of anilines is 1. The molecule has 1 aromatic heterocycles. The van der Waals surface area contributed by atoms with E-state index in [4.69, 9.17) is 10.5 Å². The summed E-state index contributed by atoms with van der Waals surface area (Å²) < 4.78 is 5.88. The molecule has 1 unspecified atom stereocenters. The molecule has 1 aliphatic heterocycles. The Morgan fingerprint density at radius 1 is 1.29 bits per heavy atom. The van der Waals surface area contributed by atoms with Crippen LogP contribution in [0.2, 0.25) is 0 Å². The number of piperazine rings is 1. The van der Waals surface area contributed by atoms with Crippen LogP contribution in [0.3, 0.4) is 0 Å². The Balaban J connectivity index is 2.02. The molecule has 0 bridgehead atoms. The molecule has 5 nitrogen and oxygen atoms in total. The van der Waals surface area contributed by atoms with E-state index in [2.05, 4.69) is 21.7 Å². The minimum atomic E-state index is 0.163. The van der Waals surface area contributed by atoms with E-state index in [9.17, 15) is 0 Å². The normalized spacial score (nSPS) is 18.0. The van der Waals surface area contributed by atoms with Crippen molar-refractivity contribution in [1.29, 1.82) is 0 Å². The summed E-state index contributed by atoms with van der Waals surface area (Å²) in [4.78, 5) is 9.33. The van der Waals surface area contributed by atoms with Gasteiger partial charge in [-0.2, -0.15) is 0 Å². The molecule has 21 heavy (non-hydrogen) atoms. The third-order valence-electron chi connectivity index (χ3n) is 3.99. The fraction of sp³-hybridized carbons (Fsp3) is 0.688. The summed E-state index contributed by atoms with van der Waals surface area (Å²) in [6.07, 6.45) is 3.11. The molecule has 0 saturated carbocycles. The summed E-state index contributed by atoms with van der Waals surface area (Å²) in [5.41, 5.74) is 5.85. The summed E-state index contributed by atoms with van der Waals surface area (Å²) in [5.74, 6) is 1.85. The Morgan fingerprint density at radius 2 is 2.00 bits per heavy atom. The molecule has 1 fully saturated rings. The Labute approximate surface area is 128 Å². The van der Waals surface area contributed by atoms with Gasteiger partial charge in [-0.15, -0.1) is 0 Å². The van der Waals surface area contributed by atoms with Gasteiger partial charge in [-0.05, 0) is 32.4 Å². The van der Waals surface area contributed by atoms with E-state index in [1.807, 2.05) is 32.2 Å². The average molecular weight is 292 g/mol. The summed E-state index contributed by atoms with van der Waals surface area (Å²) in [6, 6.07) is 4.44. The first kappa shape index (κ1) is 16.0. The molecule has 2 N–H and O–H groups in total. The standard InChI is InChI=1S/C16H28N4O/c1-4-14(12-17)19-8-10-20(11-9-19)16-15(21-13(2)3)6-5-7-18-16/h5-7,13-14H,4,8-12,17H2,1-3H3. The molecule has 0 spiro atoms. The van der Waals surface area contributed by atoms with E-state index in [0.29, 0.717) is 6.04 Å². The van der Waals surface area contributed by atoms with Crippen molar-refractivity contribution in [3.63, 3.8) is 0 Å². The molecular weight excluding hydrogens is 264 g/mol. The Hall–Kier alpha value is -1.33. The maximum atomic E-state index is 5.88. The van der Waals surface area contributed by atoms with Crippen molar-refractivity contribution in [2.75, 3.05) is 37.6 Å². The number of hydrogen-bond acceptors (Lipinski definition) is 5. The lowest BCUT2D eigenvalue weighted by molar-refractivity contribution is 0.183. The van der Waals surface area contributed by atoms with E-state index in [1.165, 1.54) is 0 Å². The van der Waals surface area contributed by atoms with Crippen LogP contribution in [0, 0.1) is 0 Å². The zero-order chi connectivity index (χ0) is 15.2. The van der Waals surface area contributed by atoms with Gasteiger partial charge in [-0.1, -0.05) is 6.92 Å². The van der Waals surface area contributed by atoms with Crippen LogP contribution in [0.1, 0.15) is 27.2 Å². The molecule has 0 aliphatic carbocycles. The van der Waals surface area contributed by atoms with E-state index < -0.39 is 0 Å². The fourth-order valence-electron chi connectivity index (χ4n) is 2.84. The SMILES string of the molecule is CCC(CN)N1CCN(c2ncccc2OC(C)C)CC1. The van der Waals surface area contributed by atoms with Crippen LogP contribution >= 0.6 is 0 Å². The highest BCUT2D eigenvalue weighted by molar-refractivity contribution is 5.52. The minimum Gasteiger partial charge on any atom is -0.487 e. The predicted molar refractivity (Wildman–Crippen MR) is 86.9 cm³/mol. The summed E-state index contributed by atoms with van der Waals surface area (Å²) in [5, 5.41) is 0. The molecule has 118 valence electrons. The van der Waals surface area contributed by atoms with Gasteiger partial charge in [0, 0.05) is 45.0 Å². The number of ether oxygens (including phenoxy) is 1. The molecule has 1 aromatic rings. The number of nitrogens with two attached hydrogens (primary N) is 1. The zero-order valence-electron chi connectivity index (χ0n) is 13.5. The Bertz CT molecular complexity index is 426. The van der Waals surface area contributed by atoms with Crippen LogP contribution in [-0.2, 0) is 0 Å². The predicted octanol–water partition coefficient (Wildman–Crippen LogP) is 1.73. The second kappa shape index (κ2) is 7.61. The van der Waals surface area contributed by atoms with Gasteiger partial charge in [-0.3, -0.25) is 4.90 Å². The minimum absolute atomic E-state index is 0.163. The molecule has 1 aliphatic rings. The number of nitrogens with zero attached hydrogens (tertiary/aromatic N) is 3. The largest absolute Gasteiger partial charge is 0.487 e. The van der Waals surface area contributed by atoms with Gasteiger partial charge in [0.2, 0.25) is 0 Å². The van der Waals surface area contributed by atoms with Crippen molar-refractivity contribution in [2.45, 2.75) is 39.3 Å². The van der Waals surface area contributed by atoms with Crippen LogP contribution in [-0.4, -0.2) is 54.8 Å². The molecule has 0 amide bonds. The first-order valence-electron chi connectivity index (χ1n) is 7.96. The van der Waals surface area contributed by atoms with Crippen molar-refractivity contribution >= 4 is 5.82 Å². The molecule has 2 heterocycles. The smallest absolute Gasteiger partial charge is 0.171 e. The van der Waals surface area contributed by atoms with Gasteiger partial charge < -0.3 is 15.4 Å². The van der Waals surface area contributed by atoms with Crippen molar-refractivity contribution in [3.05, 3.63) is 18.3 Å². The van der Waals surface area contributed by atoms with E-state index in [-0.39, 0.29) is 6.10 Å². The first-order chi connectivity index (χ1) is 10.2. The second-order valence-corrected chi connectivity index (χ2v) is 5.81. The maximum absolute atomic E-state index is 5.88. The molecule has 0 aromatic carbocycles. The summed E-state index contributed by atoms with van der Waals surface area (Å²) >= 11 is 0. The highest BCUT2D eigenvalue weighted by Gasteiger charge is 2.24. The van der Waals surface area contributed by atoms with E-state index in [0.717, 1.165) is 50.7 Å². The van der Waals surface area contributed by atoms with Crippen LogP contribution in [0.4, 0.5) is 5.82 Å². The molecular formula is C16H28N4O. The van der Waals surface area contributed by atoms with Crippen molar-refractivity contribution < 1.29 is 4.74 Å². The maximum Gasteiger partial charge on any atom is 0.171 e. The average Bonchev–Trinajstić information content (AvgIpc) is 2.49. The van der Waals surface area contributed by atoms with Gasteiger partial charge in [0.25, 0.3) is 0 Å². The second-order valence-electron chi connectivity index (χ2n) is 5.81. The number of rotatable bonds is 6. The first-order valence-corrected chi connectivity index (χ1v) is 7.96. The van der Waals surface area contributed by atoms with Crippen molar-refractivity contribution in [3.8, 4) is 5.75 Å². The van der Waals surface area contributed by atoms with Crippen LogP contribution in [0.25, 0.3) is 0 Å². The lowest BCUT2D eigenvalue weighted by atomic mass is 10.1. The van der Waals surface area contributed by atoms with Gasteiger partial charge in [0.1, 0.15) is 0 Å². The molecule has 1 saturated heterocycles. The van der Waals surface area contributed by atoms with E-state index >= 15 is 0 Å². The van der Waals surface area contributed by atoms with Gasteiger partial charge >= 0.3 is 0 Å². The number of pyridine rings is 1. The van der Waals surface area contributed by atoms with Crippen LogP contribution < -0.4 is 15.4 Å². The van der Waals surface area contributed by atoms with Gasteiger partial charge in [-0.25, -0.2) is 4.98 Å². The molecule has 0 radical (unpaired) electrons. The zero-order valence-corrected chi connectivity index (χ0v) is 13.5. The third-order valence-corrected chi connectivity index (χ3v) is 3.99. The van der Waals surface area contributed by atoms with Gasteiger partial charge in [0.05, 0.1) is 6.10 Å². The summed E-state index contributed by atoms with van der Waals surface area (Å²) in [6.45, 7) is 11.0. The lowest BCUT2D eigenvalue weighted by Gasteiger charge is -2.39. The third kappa shape index (κ3) is 4.08. The van der Waals surface area contributed by atoms with Crippen molar-refractivity contribution in [2.24, 2.45) is 5.73 Å². The monoisotopic (exact) mass is 292 g/mol. The summed E-state index contributed by atoms with van der Waals surface area (Å²) in [7, 11) is 0. The van der Waals surface area contributed by atoms with Crippen molar-refractivity contribution in [1.82, 2.24) is 9.88 Å². The van der Waals surface area contributed by atoms with Crippen LogP contribution in [0.15, 0.2) is 18.3 Å². The number of hydrogen-bond donors (Lipinski definition) is 1. The lowest BCUT2D eigenvalue weighted by Crippen LogP contribution is -2.52.